The van der Waals surface area contributed by atoms with Crippen molar-refractivity contribution in [1.82, 2.24) is 9.78 Å². The standard InChI is InChI=1S/C12H10ClF3N4O/c1-20-5-8(17)10(19-20)11(21)18-9-3-2-6(13)4-7(9)12(14,15)16/h2-5H,17H2,1H3,(H,18,21). The van der Waals surface area contributed by atoms with E-state index in [0.717, 1.165) is 12.1 Å². The van der Waals surface area contributed by atoms with Crippen LogP contribution < -0.4 is 11.1 Å². The molecular formula is C12H10ClF3N4O. The van der Waals surface area contributed by atoms with Crippen molar-refractivity contribution in [1.29, 1.82) is 0 Å². The highest BCUT2D eigenvalue weighted by molar-refractivity contribution is 6.30. The highest BCUT2D eigenvalue weighted by Gasteiger charge is 2.34. The molecule has 0 atom stereocenters. The molecule has 0 saturated heterocycles. The van der Waals surface area contributed by atoms with E-state index in [1.165, 1.54) is 24.0 Å². The van der Waals surface area contributed by atoms with Crippen LogP contribution in [0.3, 0.4) is 0 Å². The van der Waals surface area contributed by atoms with Crippen molar-refractivity contribution in [2.24, 2.45) is 7.05 Å². The zero-order valence-electron chi connectivity index (χ0n) is 10.7. The molecule has 0 spiro atoms. The van der Waals surface area contributed by atoms with Gasteiger partial charge in [0.2, 0.25) is 0 Å². The fourth-order valence-electron chi connectivity index (χ4n) is 1.72. The van der Waals surface area contributed by atoms with Gasteiger partial charge in [-0.25, -0.2) is 0 Å². The maximum atomic E-state index is 12.9. The third kappa shape index (κ3) is 3.27. The van der Waals surface area contributed by atoms with Gasteiger partial charge in [0.1, 0.15) is 0 Å². The van der Waals surface area contributed by atoms with Crippen LogP contribution in [0.25, 0.3) is 0 Å². The Bertz CT molecular complexity index is 696. The predicted octanol–water partition coefficient (Wildman–Crippen LogP) is 2.93. The van der Waals surface area contributed by atoms with Gasteiger partial charge in [-0.1, -0.05) is 11.6 Å². The molecule has 0 aliphatic heterocycles. The molecule has 21 heavy (non-hydrogen) atoms. The van der Waals surface area contributed by atoms with Crippen LogP contribution in [-0.2, 0) is 13.2 Å². The van der Waals surface area contributed by atoms with Gasteiger partial charge in [-0.15, -0.1) is 0 Å². The molecule has 1 amide bonds. The largest absolute Gasteiger partial charge is 0.418 e. The van der Waals surface area contributed by atoms with E-state index in [1.807, 2.05) is 0 Å². The van der Waals surface area contributed by atoms with Crippen molar-refractivity contribution >= 4 is 28.9 Å². The Hall–Kier alpha value is -2.22. The number of nitrogens with zero attached hydrogens (tertiary/aromatic N) is 2. The first kappa shape index (κ1) is 15.2. The van der Waals surface area contributed by atoms with Gasteiger partial charge in [0.25, 0.3) is 5.91 Å². The van der Waals surface area contributed by atoms with E-state index in [0.29, 0.717) is 0 Å². The first-order valence-corrected chi connectivity index (χ1v) is 6.03. The van der Waals surface area contributed by atoms with Gasteiger partial charge in [-0.2, -0.15) is 18.3 Å². The molecule has 0 radical (unpaired) electrons. The average Bonchev–Trinajstić information content (AvgIpc) is 2.69. The molecular weight excluding hydrogens is 309 g/mol. The molecule has 0 aliphatic rings. The van der Waals surface area contributed by atoms with Crippen molar-refractivity contribution in [3.8, 4) is 0 Å². The highest BCUT2D eigenvalue weighted by Crippen LogP contribution is 2.36. The topological polar surface area (TPSA) is 72.9 Å². The second kappa shape index (κ2) is 5.28. The van der Waals surface area contributed by atoms with E-state index < -0.39 is 23.3 Å². The molecule has 0 aliphatic carbocycles. The normalized spacial score (nSPS) is 11.5. The van der Waals surface area contributed by atoms with E-state index in [2.05, 4.69) is 10.4 Å². The molecule has 1 heterocycles. The Balaban J connectivity index is 2.36. The van der Waals surface area contributed by atoms with Crippen LogP contribution in [0.5, 0.6) is 0 Å². The zero-order chi connectivity index (χ0) is 15.8. The monoisotopic (exact) mass is 318 g/mol. The van der Waals surface area contributed by atoms with Gasteiger partial charge < -0.3 is 11.1 Å². The molecule has 0 unspecified atom stereocenters. The van der Waals surface area contributed by atoms with Crippen LogP contribution in [0.2, 0.25) is 5.02 Å². The summed E-state index contributed by atoms with van der Waals surface area (Å²) in [6.07, 6.45) is -3.27. The summed E-state index contributed by atoms with van der Waals surface area (Å²) in [4.78, 5) is 11.9. The molecule has 9 heteroatoms. The Morgan fingerprint density at radius 2 is 2.10 bits per heavy atom. The van der Waals surface area contributed by atoms with Crippen molar-refractivity contribution < 1.29 is 18.0 Å². The molecule has 0 fully saturated rings. The SMILES string of the molecule is Cn1cc(N)c(C(=O)Nc2ccc(Cl)cc2C(F)(F)F)n1. The highest BCUT2D eigenvalue weighted by atomic mass is 35.5. The number of rotatable bonds is 2. The minimum atomic E-state index is -4.65. The van der Waals surface area contributed by atoms with Crippen molar-refractivity contribution in [3.63, 3.8) is 0 Å². The van der Waals surface area contributed by atoms with E-state index >= 15 is 0 Å². The number of benzene rings is 1. The van der Waals surface area contributed by atoms with Crippen LogP contribution in [0, 0.1) is 0 Å². The summed E-state index contributed by atoms with van der Waals surface area (Å²) in [5, 5.41) is 5.84. The quantitative estimate of drug-likeness (QED) is 0.894. The van der Waals surface area contributed by atoms with Gasteiger partial charge in [0.05, 0.1) is 16.9 Å². The summed E-state index contributed by atoms with van der Waals surface area (Å²) in [7, 11) is 1.54. The zero-order valence-corrected chi connectivity index (χ0v) is 11.5. The number of carbonyl (C=O) groups excluding carboxylic acids is 1. The van der Waals surface area contributed by atoms with Crippen LogP contribution in [0.15, 0.2) is 24.4 Å². The fourth-order valence-corrected chi connectivity index (χ4v) is 1.90. The summed E-state index contributed by atoms with van der Waals surface area (Å²) in [6, 6.07) is 3.05. The summed E-state index contributed by atoms with van der Waals surface area (Å²) in [5.74, 6) is -0.832. The van der Waals surface area contributed by atoms with Crippen LogP contribution in [-0.4, -0.2) is 15.7 Å². The number of nitrogen functional groups attached to an aromatic ring is 1. The lowest BCUT2D eigenvalue weighted by Crippen LogP contribution is -2.18. The number of hydrogen-bond donors (Lipinski definition) is 2. The predicted molar refractivity (Wildman–Crippen MR) is 72.0 cm³/mol. The molecule has 2 rings (SSSR count). The van der Waals surface area contributed by atoms with Gasteiger partial charge in [-0.3, -0.25) is 9.48 Å². The fraction of sp³-hybridized carbons (Fsp3) is 0.167. The van der Waals surface area contributed by atoms with E-state index in [-0.39, 0.29) is 16.4 Å². The van der Waals surface area contributed by atoms with Crippen LogP contribution in [0.4, 0.5) is 24.5 Å². The number of carbonyl (C=O) groups is 1. The number of hydrogen-bond acceptors (Lipinski definition) is 3. The molecule has 1 aromatic carbocycles. The minimum Gasteiger partial charge on any atom is -0.396 e. The molecule has 2 aromatic rings. The maximum Gasteiger partial charge on any atom is 0.418 e. The number of nitrogens with one attached hydrogen (secondary N) is 1. The van der Waals surface area contributed by atoms with Gasteiger partial charge >= 0.3 is 6.18 Å². The number of aromatic nitrogens is 2. The molecule has 5 nitrogen and oxygen atoms in total. The van der Waals surface area contributed by atoms with E-state index in [9.17, 15) is 18.0 Å². The average molecular weight is 319 g/mol. The Morgan fingerprint density at radius 1 is 1.43 bits per heavy atom. The third-order valence-electron chi connectivity index (χ3n) is 2.61. The number of alkyl halides is 3. The van der Waals surface area contributed by atoms with Crippen LogP contribution >= 0.6 is 11.6 Å². The van der Waals surface area contributed by atoms with E-state index in [4.69, 9.17) is 17.3 Å². The Morgan fingerprint density at radius 3 is 2.62 bits per heavy atom. The van der Waals surface area contributed by atoms with E-state index in [1.54, 1.807) is 0 Å². The molecule has 0 bridgehead atoms. The number of halogens is 4. The van der Waals surface area contributed by atoms with Crippen molar-refractivity contribution in [2.45, 2.75) is 6.18 Å². The second-order valence-corrected chi connectivity index (χ2v) is 4.68. The smallest absolute Gasteiger partial charge is 0.396 e. The summed E-state index contributed by atoms with van der Waals surface area (Å²) in [5.41, 5.74) is 4.01. The number of nitrogens with two attached hydrogens (primary N) is 1. The van der Waals surface area contributed by atoms with Crippen LogP contribution in [0.1, 0.15) is 16.1 Å². The Labute approximate surface area is 122 Å². The van der Waals surface area contributed by atoms with Crippen molar-refractivity contribution in [3.05, 3.63) is 40.7 Å². The number of amides is 1. The number of aryl methyl sites for hydroxylation is 1. The van der Waals surface area contributed by atoms with Gasteiger partial charge in [0, 0.05) is 18.3 Å². The molecule has 0 saturated carbocycles. The molecule has 3 N–H and O–H groups in total. The molecule has 112 valence electrons. The minimum absolute atomic E-state index is 0.0672. The summed E-state index contributed by atoms with van der Waals surface area (Å²) >= 11 is 5.56. The van der Waals surface area contributed by atoms with Gasteiger partial charge in [0.15, 0.2) is 5.69 Å². The first-order valence-electron chi connectivity index (χ1n) is 5.65. The Kier molecular flexibility index (Phi) is 3.82. The third-order valence-corrected chi connectivity index (χ3v) is 2.84. The summed E-state index contributed by atoms with van der Waals surface area (Å²) in [6.45, 7) is 0. The van der Waals surface area contributed by atoms with Crippen molar-refractivity contribution in [2.75, 3.05) is 11.1 Å². The maximum absolute atomic E-state index is 12.9. The number of anilines is 2. The lowest BCUT2D eigenvalue weighted by Gasteiger charge is -2.13. The lowest BCUT2D eigenvalue weighted by atomic mass is 10.1. The second-order valence-electron chi connectivity index (χ2n) is 4.25. The lowest BCUT2D eigenvalue weighted by molar-refractivity contribution is -0.136. The molecule has 1 aromatic heterocycles. The summed E-state index contributed by atoms with van der Waals surface area (Å²) < 4.78 is 40.0. The van der Waals surface area contributed by atoms with Gasteiger partial charge in [-0.05, 0) is 18.2 Å². The first-order chi connectivity index (χ1) is 9.68.